The van der Waals surface area contributed by atoms with E-state index < -0.39 is 0 Å². The summed E-state index contributed by atoms with van der Waals surface area (Å²) in [7, 11) is 0. The molecule has 2 heterocycles. The minimum atomic E-state index is 0.534. The first-order valence-corrected chi connectivity index (χ1v) is 4.90. The van der Waals surface area contributed by atoms with Crippen LogP contribution in [-0.4, -0.2) is 15.0 Å². The molecule has 2 rings (SSSR count). The van der Waals surface area contributed by atoms with Crippen LogP contribution in [0.5, 0.6) is 0 Å². The predicted molar refractivity (Wildman–Crippen MR) is 60.4 cm³/mol. The quantitative estimate of drug-likeness (QED) is 0.712. The third kappa shape index (κ3) is 4.86. The zero-order valence-electron chi connectivity index (χ0n) is 9.04. The van der Waals surface area contributed by atoms with E-state index in [4.69, 9.17) is 0 Å². The van der Waals surface area contributed by atoms with Gasteiger partial charge in [0, 0.05) is 24.8 Å². The van der Waals surface area contributed by atoms with Crippen molar-refractivity contribution in [2.24, 2.45) is 0 Å². The third-order valence-corrected chi connectivity index (χ3v) is 1.81. The minimum absolute atomic E-state index is 0.534. The molecule has 0 aliphatic carbocycles. The molecular weight excluding hydrogens is 186 g/mol. The Morgan fingerprint density at radius 1 is 0.867 bits per heavy atom. The van der Waals surface area contributed by atoms with Crippen LogP contribution >= 0.6 is 0 Å². The van der Waals surface area contributed by atoms with Crippen LogP contribution < -0.4 is 0 Å². The van der Waals surface area contributed by atoms with Crippen LogP contribution in [0.2, 0.25) is 0 Å². The average molecular weight is 201 g/mol. The highest BCUT2D eigenvalue weighted by Crippen LogP contribution is 2.09. The van der Waals surface area contributed by atoms with Crippen molar-refractivity contribution in [3.8, 4) is 0 Å². The maximum atomic E-state index is 3.89. The molecule has 0 unspecified atom stereocenters. The Kier molecular flexibility index (Phi) is 5.01. The maximum Gasteiger partial charge on any atom is 0.115 e. The number of nitrogens with zero attached hydrogens (tertiary/aromatic N) is 3. The molecule has 0 aliphatic heterocycles. The van der Waals surface area contributed by atoms with E-state index in [0.29, 0.717) is 5.92 Å². The van der Waals surface area contributed by atoms with Crippen molar-refractivity contribution in [1.82, 2.24) is 15.0 Å². The molecule has 0 spiro atoms. The van der Waals surface area contributed by atoms with Crippen molar-refractivity contribution in [3.63, 3.8) is 0 Å². The normalized spacial score (nSPS) is 9.27. The van der Waals surface area contributed by atoms with E-state index >= 15 is 0 Å². The first-order valence-electron chi connectivity index (χ1n) is 4.90. The highest BCUT2D eigenvalue weighted by atomic mass is 14.8. The lowest BCUT2D eigenvalue weighted by molar-refractivity contribution is 0.845. The first-order chi connectivity index (χ1) is 7.30. The van der Waals surface area contributed by atoms with Crippen molar-refractivity contribution in [1.29, 1.82) is 0 Å². The van der Waals surface area contributed by atoms with Gasteiger partial charge in [0.25, 0.3) is 0 Å². The van der Waals surface area contributed by atoms with Crippen LogP contribution in [0.25, 0.3) is 0 Å². The molecule has 2 aromatic rings. The fraction of sp³-hybridized carbons (Fsp3) is 0.250. The van der Waals surface area contributed by atoms with Gasteiger partial charge in [-0.15, -0.1) is 0 Å². The van der Waals surface area contributed by atoms with Gasteiger partial charge in [-0.25, -0.2) is 9.97 Å². The number of hydrogen-bond donors (Lipinski definition) is 0. The lowest BCUT2D eigenvalue weighted by Crippen LogP contribution is -1.88. The highest BCUT2D eigenvalue weighted by Gasteiger charge is 1.95. The Balaban J connectivity index is 0.000000162. The number of rotatable bonds is 1. The molecule has 78 valence electrons. The standard InChI is InChI=1S/C7H10N2.C5H5N/c1-6(2)7-3-8-5-9-4-7;1-2-4-6-5-3-1/h3-6H,1-2H3;1-5H. The third-order valence-electron chi connectivity index (χ3n) is 1.81. The van der Waals surface area contributed by atoms with Crippen molar-refractivity contribution < 1.29 is 0 Å². The Bertz CT molecular complexity index is 319. The number of hydrogen-bond acceptors (Lipinski definition) is 3. The number of pyridine rings is 1. The average Bonchev–Trinajstić information content (AvgIpc) is 2.33. The van der Waals surface area contributed by atoms with Crippen molar-refractivity contribution in [2.45, 2.75) is 19.8 Å². The molecule has 0 bridgehead atoms. The Hall–Kier alpha value is -1.77. The number of aromatic nitrogens is 3. The van der Waals surface area contributed by atoms with Crippen LogP contribution in [-0.2, 0) is 0 Å². The molecule has 0 fully saturated rings. The second kappa shape index (κ2) is 6.65. The van der Waals surface area contributed by atoms with E-state index in [-0.39, 0.29) is 0 Å². The molecule has 3 heteroatoms. The predicted octanol–water partition coefficient (Wildman–Crippen LogP) is 2.68. The molecular formula is C12H15N3. The largest absolute Gasteiger partial charge is 0.265 e. The summed E-state index contributed by atoms with van der Waals surface area (Å²) in [6.07, 6.45) is 8.74. The molecule has 0 saturated carbocycles. The molecule has 0 radical (unpaired) electrons. The topological polar surface area (TPSA) is 38.7 Å². The van der Waals surface area contributed by atoms with Gasteiger partial charge < -0.3 is 0 Å². The summed E-state index contributed by atoms with van der Waals surface area (Å²) < 4.78 is 0. The van der Waals surface area contributed by atoms with Gasteiger partial charge in [0.1, 0.15) is 6.33 Å². The lowest BCUT2D eigenvalue weighted by atomic mass is 10.1. The van der Waals surface area contributed by atoms with E-state index in [1.165, 1.54) is 5.56 Å². The van der Waals surface area contributed by atoms with Crippen molar-refractivity contribution in [2.75, 3.05) is 0 Å². The molecule has 0 aromatic carbocycles. The van der Waals surface area contributed by atoms with E-state index in [1.54, 1.807) is 18.7 Å². The van der Waals surface area contributed by atoms with Gasteiger partial charge in [0.15, 0.2) is 0 Å². The highest BCUT2D eigenvalue weighted by molar-refractivity contribution is 5.06. The summed E-state index contributed by atoms with van der Waals surface area (Å²) >= 11 is 0. The van der Waals surface area contributed by atoms with Gasteiger partial charge in [0.05, 0.1) is 0 Å². The molecule has 3 nitrogen and oxygen atoms in total. The van der Waals surface area contributed by atoms with Crippen LogP contribution in [0.3, 0.4) is 0 Å². The van der Waals surface area contributed by atoms with E-state index in [1.807, 2.05) is 30.6 Å². The fourth-order valence-corrected chi connectivity index (χ4v) is 0.921. The summed E-state index contributed by atoms with van der Waals surface area (Å²) in [6, 6.07) is 5.72. The van der Waals surface area contributed by atoms with Crippen LogP contribution in [0.1, 0.15) is 25.3 Å². The minimum Gasteiger partial charge on any atom is -0.265 e. The maximum absolute atomic E-state index is 3.89. The smallest absolute Gasteiger partial charge is 0.115 e. The second-order valence-electron chi connectivity index (χ2n) is 3.35. The Morgan fingerprint density at radius 2 is 1.47 bits per heavy atom. The van der Waals surface area contributed by atoms with Crippen LogP contribution in [0, 0.1) is 0 Å². The summed E-state index contributed by atoms with van der Waals surface area (Å²) in [5.41, 5.74) is 1.19. The molecule has 0 atom stereocenters. The molecule has 0 aliphatic rings. The van der Waals surface area contributed by atoms with Gasteiger partial charge in [-0.3, -0.25) is 4.98 Å². The van der Waals surface area contributed by atoms with Gasteiger partial charge in [-0.1, -0.05) is 19.9 Å². The molecule has 15 heavy (non-hydrogen) atoms. The van der Waals surface area contributed by atoms with Gasteiger partial charge in [-0.2, -0.15) is 0 Å². The SMILES string of the molecule is CC(C)c1cncnc1.c1ccncc1. The summed E-state index contributed by atoms with van der Waals surface area (Å²) in [6.45, 7) is 4.25. The summed E-state index contributed by atoms with van der Waals surface area (Å²) in [4.78, 5) is 11.6. The molecule has 0 amide bonds. The van der Waals surface area contributed by atoms with Crippen LogP contribution in [0.15, 0.2) is 49.3 Å². The first kappa shape index (κ1) is 11.3. The summed E-state index contributed by atoms with van der Waals surface area (Å²) in [5, 5.41) is 0. The lowest BCUT2D eigenvalue weighted by Gasteiger charge is -1.99. The van der Waals surface area contributed by atoms with Gasteiger partial charge >= 0.3 is 0 Å². The van der Waals surface area contributed by atoms with Gasteiger partial charge in [0.2, 0.25) is 0 Å². The molecule has 2 aromatic heterocycles. The molecule has 0 saturated heterocycles. The zero-order valence-corrected chi connectivity index (χ0v) is 9.04. The second-order valence-corrected chi connectivity index (χ2v) is 3.35. The van der Waals surface area contributed by atoms with E-state index in [2.05, 4.69) is 28.8 Å². The monoisotopic (exact) mass is 201 g/mol. The van der Waals surface area contributed by atoms with Crippen molar-refractivity contribution in [3.05, 3.63) is 54.9 Å². The zero-order chi connectivity index (χ0) is 10.9. The van der Waals surface area contributed by atoms with Crippen molar-refractivity contribution >= 4 is 0 Å². The van der Waals surface area contributed by atoms with Gasteiger partial charge in [-0.05, 0) is 23.6 Å². The molecule has 0 N–H and O–H groups in total. The van der Waals surface area contributed by atoms with E-state index in [9.17, 15) is 0 Å². The summed E-state index contributed by atoms with van der Waals surface area (Å²) in [5.74, 6) is 0.534. The Labute approximate surface area is 90.2 Å². The fourth-order valence-electron chi connectivity index (χ4n) is 0.921. The van der Waals surface area contributed by atoms with E-state index in [0.717, 1.165) is 0 Å². The van der Waals surface area contributed by atoms with Crippen LogP contribution in [0.4, 0.5) is 0 Å². The Morgan fingerprint density at radius 3 is 1.73 bits per heavy atom.